The van der Waals surface area contributed by atoms with E-state index in [1.165, 1.54) is 11.1 Å². The van der Waals surface area contributed by atoms with Crippen molar-refractivity contribution in [2.45, 2.75) is 58.9 Å². The van der Waals surface area contributed by atoms with Crippen LogP contribution in [0.5, 0.6) is 5.75 Å². The molecule has 0 amide bonds. The van der Waals surface area contributed by atoms with Crippen molar-refractivity contribution in [1.82, 2.24) is 4.90 Å². The minimum Gasteiger partial charge on any atom is -0.508 e. The van der Waals surface area contributed by atoms with Crippen molar-refractivity contribution in [2.24, 2.45) is 0 Å². The molecule has 0 unspecified atom stereocenters. The van der Waals surface area contributed by atoms with Gasteiger partial charge >= 0.3 is 0 Å². The Morgan fingerprint density at radius 2 is 1.47 bits per heavy atom. The van der Waals surface area contributed by atoms with Crippen LogP contribution >= 0.6 is 0 Å². The van der Waals surface area contributed by atoms with E-state index in [2.05, 4.69) is 52.5 Å². The first-order valence-corrected chi connectivity index (χ1v) is 6.95. The molecule has 0 saturated carbocycles. The van der Waals surface area contributed by atoms with E-state index in [9.17, 15) is 5.11 Å². The standard InChI is InChI=1S/C17H29NO/c1-16(2,3)13-9-10-14(19)12(11-18(7)8)15(13)17(4,5)6/h9-10,19H,11H2,1-8H3. The molecule has 2 heteroatoms. The van der Waals surface area contributed by atoms with E-state index in [0.717, 1.165) is 12.1 Å². The molecule has 0 aliphatic carbocycles. The molecule has 1 aromatic rings. The van der Waals surface area contributed by atoms with Crippen molar-refractivity contribution >= 4 is 0 Å². The third-order valence-electron chi connectivity index (χ3n) is 3.32. The van der Waals surface area contributed by atoms with Crippen LogP contribution in [0.25, 0.3) is 0 Å². The highest BCUT2D eigenvalue weighted by Gasteiger charge is 2.29. The summed E-state index contributed by atoms with van der Waals surface area (Å²) in [6.07, 6.45) is 0. The van der Waals surface area contributed by atoms with E-state index in [-0.39, 0.29) is 10.8 Å². The average Bonchev–Trinajstić information content (AvgIpc) is 2.16. The second kappa shape index (κ2) is 5.16. The van der Waals surface area contributed by atoms with Crippen molar-refractivity contribution in [1.29, 1.82) is 0 Å². The number of aromatic hydroxyl groups is 1. The molecule has 1 aromatic carbocycles. The third kappa shape index (κ3) is 3.73. The van der Waals surface area contributed by atoms with Crippen LogP contribution in [0.3, 0.4) is 0 Å². The lowest BCUT2D eigenvalue weighted by Crippen LogP contribution is -2.25. The van der Waals surface area contributed by atoms with Crippen LogP contribution in [-0.2, 0) is 17.4 Å². The van der Waals surface area contributed by atoms with E-state index in [0.29, 0.717) is 5.75 Å². The number of nitrogens with zero attached hydrogens (tertiary/aromatic N) is 1. The fourth-order valence-corrected chi connectivity index (χ4v) is 2.59. The van der Waals surface area contributed by atoms with E-state index >= 15 is 0 Å². The maximum absolute atomic E-state index is 10.3. The summed E-state index contributed by atoms with van der Waals surface area (Å²) in [5.74, 6) is 0.409. The Kier molecular flexibility index (Phi) is 4.36. The number of rotatable bonds is 2. The Balaban J connectivity index is 3.61. The van der Waals surface area contributed by atoms with Crippen LogP contribution in [0.1, 0.15) is 58.2 Å². The van der Waals surface area contributed by atoms with Gasteiger partial charge in [0.05, 0.1) is 0 Å². The normalized spacial score (nSPS) is 13.1. The van der Waals surface area contributed by atoms with Gasteiger partial charge in [0.1, 0.15) is 5.75 Å². The van der Waals surface area contributed by atoms with E-state index < -0.39 is 0 Å². The molecule has 0 spiro atoms. The van der Waals surface area contributed by atoms with E-state index in [1.54, 1.807) is 0 Å². The molecule has 108 valence electrons. The second-order valence-electron chi connectivity index (χ2n) is 7.72. The summed E-state index contributed by atoms with van der Waals surface area (Å²) in [5.41, 5.74) is 3.78. The van der Waals surface area contributed by atoms with E-state index in [4.69, 9.17) is 0 Å². The maximum Gasteiger partial charge on any atom is 0.120 e. The molecule has 1 rings (SSSR count). The van der Waals surface area contributed by atoms with Crippen molar-refractivity contribution < 1.29 is 5.11 Å². The topological polar surface area (TPSA) is 23.5 Å². The predicted octanol–water partition coefficient (Wildman–Crippen LogP) is 4.05. The highest BCUT2D eigenvalue weighted by molar-refractivity contribution is 5.50. The maximum atomic E-state index is 10.3. The van der Waals surface area contributed by atoms with Crippen LogP contribution < -0.4 is 0 Å². The Bertz CT molecular complexity index is 448. The van der Waals surface area contributed by atoms with Crippen LogP contribution in [0.2, 0.25) is 0 Å². The largest absolute Gasteiger partial charge is 0.508 e. The average molecular weight is 263 g/mol. The molecule has 0 fully saturated rings. The molecule has 0 radical (unpaired) electrons. The number of hydrogen-bond acceptors (Lipinski definition) is 2. The molecule has 0 atom stereocenters. The Morgan fingerprint density at radius 3 is 1.84 bits per heavy atom. The molecule has 0 saturated heterocycles. The summed E-state index contributed by atoms with van der Waals surface area (Å²) in [6.45, 7) is 14.1. The summed E-state index contributed by atoms with van der Waals surface area (Å²) < 4.78 is 0. The summed E-state index contributed by atoms with van der Waals surface area (Å²) >= 11 is 0. The second-order valence-corrected chi connectivity index (χ2v) is 7.72. The van der Waals surface area contributed by atoms with Crippen molar-refractivity contribution in [3.05, 3.63) is 28.8 Å². The van der Waals surface area contributed by atoms with Gasteiger partial charge in [-0.25, -0.2) is 0 Å². The number of phenols is 1. The molecule has 2 nitrogen and oxygen atoms in total. The van der Waals surface area contributed by atoms with Crippen LogP contribution in [-0.4, -0.2) is 24.1 Å². The molecule has 0 aromatic heterocycles. The van der Waals surface area contributed by atoms with Crippen LogP contribution in [0.15, 0.2) is 12.1 Å². The van der Waals surface area contributed by atoms with Gasteiger partial charge in [0.15, 0.2) is 0 Å². The SMILES string of the molecule is CN(C)Cc1c(O)ccc(C(C)(C)C)c1C(C)(C)C. The van der Waals surface area contributed by atoms with Gasteiger partial charge < -0.3 is 10.0 Å². The summed E-state index contributed by atoms with van der Waals surface area (Å²) in [4.78, 5) is 2.11. The zero-order chi connectivity index (χ0) is 15.0. The molecule has 1 N–H and O–H groups in total. The fraction of sp³-hybridized carbons (Fsp3) is 0.647. The molecule has 0 aliphatic heterocycles. The van der Waals surface area contributed by atoms with Gasteiger partial charge in [-0.15, -0.1) is 0 Å². The predicted molar refractivity (Wildman–Crippen MR) is 82.9 cm³/mol. The van der Waals surface area contributed by atoms with Crippen molar-refractivity contribution in [3.8, 4) is 5.75 Å². The number of benzene rings is 1. The molecule has 0 aliphatic rings. The Morgan fingerprint density at radius 1 is 0.947 bits per heavy atom. The van der Waals surface area contributed by atoms with Gasteiger partial charge in [0, 0.05) is 12.1 Å². The number of phenolic OH excluding ortho intramolecular Hbond substituents is 1. The van der Waals surface area contributed by atoms with Gasteiger partial charge in [0.2, 0.25) is 0 Å². The van der Waals surface area contributed by atoms with Gasteiger partial charge in [-0.1, -0.05) is 47.6 Å². The first kappa shape index (κ1) is 16.0. The van der Waals surface area contributed by atoms with Crippen molar-refractivity contribution in [2.75, 3.05) is 14.1 Å². The number of hydrogen-bond donors (Lipinski definition) is 1. The molecular formula is C17H29NO. The monoisotopic (exact) mass is 263 g/mol. The third-order valence-corrected chi connectivity index (χ3v) is 3.32. The summed E-state index contributed by atoms with van der Waals surface area (Å²) in [6, 6.07) is 3.92. The van der Waals surface area contributed by atoms with Crippen LogP contribution in [0.4, 0.5) is 0 Å². The zero-order valence-corrected chi connectivity index (χ0v) is 13.8. The first-order chi connectivity index (χ1) is 8.44. The molecular weight excluding hydrogens is 234 g/mol. The quantitative estimate of drug-likeness (QED) is 0.870. The highest BCUT2D eigenvalue weighted by atomic mass is 16.3. The molecule has 0 heterocycles. The summed E-state index contributed by atoms with van der Waals surface area (Å²) in [5, 5.41) is 10.3. The molecule has 0 bridgehead atoms. The lowest BCUT2D eigenvalue weighted by molar-refractivity contribution is 0.376. The Hall–Kier alpha value is -1.02. The Labute approximate surface area is 118 Å². The minimum absolute atomic E-state index is 0.0205. The molecule has 19 heavy (non-hydrogen) atoms. The highest BCUT2D eigenvalue weighted by Crippen LogP contribution is 2.39. The van der Waals surface area contributed by atoms with E-state index in [1.807, 2.05) is 20.2 Å². The first-order valence-electron chi connectivity index (χ1n) is 6.95. The summed E-state index contributed by atoms with van der Waals surface area (Å²) in [7, 11) is 4.07. The van der Waals surface area contributed by atoms with Gasteiger partial charge in [-0.2, -0.15) is 0 Å². The van der Waals surface area contributed by atoms with Gasteiger partial charge in [-0.05, 0) is 42.1 Å². The lowest BCUT2D eigenvalue weighted by atomic mass is 9.73. The fourth-order valence-electron chi connectivity index (χ4n) is 2.59. The smallest absolute Gasteiger partial charge is 0.120 e. The minimum atomic E-state index is 0.0205. The van der Waals surface area contributed by atoms with Crippen molar-refractivity contribution in [3.63, 3.8) is 0 Å². The lowest BCUT2D eigenvalue weighted by Gasteiger charge is -2.33. The van der Waals surface area contributed by atoms with Gasteiger partial charge in [0.25, 0.3) is 0 Å². The van der Waals surface area contributed by atoms with Crippen LogP contribution in [0, 0.1) is 0 Å². The zero-order valence-electron chi connectivity index (χ0n) is 13.8. The van der Waals surface area contributed by atoms with Gasteiger partial charge in [-0.3, -0.25) is 0 Å².